The van der Waals surface area contributed by atoms with Crippen LogP contribution in [-0.2, 0) is 4.74 Å². The van der Waals surface area contributed by atoms with Gasteiger partial charge in [0.05, 0.1) is 6.61 Å². The lowest BCUT2D eigenvalue weighted by molar-refractivity contribution is 0.0588. The maximum atomic E-state index is 5.71. The Hall–Kier alpha value is -0.0800. The van der Waals surface area contributed by atoms with Gasteiger partial charge in [0, 0.05) is 18.6 Å². The molecule has 0 aromatic rings. The molecule has 2 nitrogen and oxygen atoms in total. The van der Waals surface area contributed by atoms with Gasteiger partial charge in [0.25, 0.3) is 0 Å². The van der Waals surface area contributed by atoms with Gasteiger partial charge in [0.1, 0.15) is 0 Å². The van der Waals surface area contributed by atoms with Crippen molar-refractivity contribution >= 4 is 0 Å². The Morgan fingerprint density at radius 2 is 2.07 bits per heavy atom. The second kappa shape index (κ2) is 5.72. The first kappa shape index (κ1) is 12.0. The SMILES string of the molecule is CCNCC(C)(C)COCCC1CC1. The Kier molecular flexibility index (Phi) is 4.90. The second-order valence-electron chi connectivity index (χ2n) is 5.23. The molecule has 0 aliphatic heterocycles. The van der Waals surface area contributed by atoms with Crippen molar-refractivity contribution in [2.45, 2.75) is 40.0 Å². The molecule has 0 aromatic heterocycles. The zero-order valence-electron chi connectivity index (χ0n) is 9.94. The van der Waals surface area contributed by atoms with E-state index in [0.29, 0.717) is 0 Å². The van der Waals surface area contributed by atoms with Crippen molar-refractivity contribution in [1.29, 1.82) is 0 Å². The normalized spacial score (nSPS) is 17.4. The molecule has 1 saturated carbocycles. The summed E-state index contributed by atoms with van der Waals surface area (Å²) in [5.41, 5.74) is 0.277. The van der Waals surface area contributed by atoms with Crippen molar-refractivity contribution in [3.63, 3.8) is 0 Å². The van der Waals surface area contributed by atoms with Gasteiger partial charge < -0.3 is 10.1 Å². The van der Waals surface area contributed by atoms with E-state index in [9.17, 15) is 0 Å². The van der Waals surface area contributed by atoms with E-state index in [-0.39, 0.29) is 5.41 Å². The third kappa shape index (κ3) is 5.61. The molecule has 1 rings (SSSR count). The van der Waals surface area contributed by atoms with Crippen LogP contribution >= 0.6 is 0 Å². The lowest BCUT2D eigenvalue weighted by atomic mass is 9.95. The highest BCUT2D eigenvalue weighted by atomic mass is 16.5. The molecule has 1 aliphatic carbocycles. The van der Waals surface area contributed by atoms with E-state index in [1.54, 1.807) is 0 Å². The Bertz CT molecular complexity index is 152. The molecule has 1 fully saturated rings. The summed E-state index contributed by atoms with van der Waals surface area (Å²) in [7, 11) is 0. The first-order valence-electron chi connectivity index (χ1n) is 5.92. The molecule has 0 atom stereocenters. The quantitative estimate of drug-likeness (QED) is 0.606. The van der Waals surface area contributed by atoms with Crippen molar-refractivity contribution in [2.24, 2.45) is 11.3 Å². The van der Waals surface area contributed by atoms with Crippen LogP contribution in [0.3, 0.4) is 0 Å². The fourth-order valence-corrected chi connectivity index (χ4v) is 1.52. The summed E-state index contributed by atoms with van der Waals surface area (Å²) in [6.07, 6.45) is 4.14. The molecule has 1 aliphatic rings. The average molecular weight is 199 g/mol. The van der Waals surface area contributed by atoms with Crippen LogP contribution in [0.5, 0.6) is 0 Å². The highest BCUT2D eigenvalue weighted by Gasteiger charge is 2.21. The van der Waals surface area contributed by atoms with E-state index in [1.807, 2.05) is 0 Å². The van der Waals surface area contributed by atoms with Gasteiger partial charge in [-0.2, -0.15) is 0 Å². The molecule has 0 saturated heterocycles. The fraction of sp³-hybridized carbons (Fsp3) is 1.00. The summed E-state index contributed by atoms with van der Waals surface area (Å²) < 4.78 is 5.71. The standard InChI is InChI=1S/C12H25NO/c1-4-13-9-12(2,3)10-14-8-7-11-5-6-11/h11,13H,4-10H2,1-3H3. The van der Waals surface area contributed by atoms with E-state index in [1.165, 1.54) is 19.3 Å². The van der Waals surface area contributed by atoms with Gasteiger partial charge in [-0.05, 0) is 18.9 Å². The summed E-state index contributed by atoms with van der Waals surface area (Å²) in [6.45, 7) is 10.6. The summed E-state index contributed by atoms with van der Waals surface area (Å²) in [6, 6.07) is 0. The third-order valence-corrected chi connectivity index (χ3v) is 2.71. The van der Waals surface area contributed by atoms with Crippen molar-refractivity contribution in [1.82, 2.24) is 5.32 Å². The highest BCUT2D eigenvalue weighted by molar-refractivity contribution is 4.73. The summed E-state index contributed by atoms with van der Waals surface area (Å²) in [4.78, 5) is 0. The van der Waals surface area contributed by atoms with E-state index in [2.05, 4.69) is 26.1 Å². The molecule has 0 unspecified atom stereocenters. The molecule has 0 amide bonds. The molecular formula is C12H25NO. The Labute approximate surface area is 88.4 Å². The molecule has 0 radical (unpaired) electrons. The van der Waals surface area contributed by atoms with Crippen molar-refractivity contribution in [2.75, 3.05) is 26.3 Å². The molecule has 14 heavy (non-hydrogen) atoms. The van der Waals surface area contributed by atoms with Crippen LogP contribution in [-0.4, -0.2) is 26.3 Å². The second-order valence-corrected chi connectivity index (χ2v) is 5.23. The van der Waals surface area contributed by atoms with Crippen LogP contribution in [0.2, 0.25) is 0 Å². The third-order valence-electron chi connectivity index (χ3n) is 2.71. The Balaban J connectivity index is 1.96. The lowest BCUT2D eigenvalue weighted by Gasteiger charge is -2.24. The first-order valence-corrected chi connectivity index (χ1v) is 5.92. The van der Waals surface area contributed by atoms with E-state index < -0.39 is 0 Å². The van der Waals surface area contributed by atoms with Gasteiger partial charge >= 0.3 is 0 Å². The number of hydrogen-bond acceptors (Lipinski definition) is 2. The van der Waals surface area contributed by atoms with Gasteiger partial charge in [0.2, 0.25) is 0 Å². The van der Waals surface area contributed by atoms with E-state index in [0.717, 1.165) is 32.2 Å². The largest absolute Gasteiger partial charge is 0.381 e. The van der Waals surface area contributed by atoms with Gasteiger partial charge in [0.15, 0.2) is 0 Å². The summed E-state index contributed by atoms with van der Waals surface area (Å²) >= 11 is 0. The average Bonchev–Trinajstić information content (AvgIpc) is 2.93. The van der Waals surface area contributed by atoms with Gasteiger partial charge in [-0.25, -0.2) is 0 Å². The highest BCUT2D eigenvalue weighted by Crippen LogP contribution is 2.32. The number of rotatable bonds is 8. The predicted molar refractivity (Wildman–Crippen MR) is 60.5 cm³/mol. The minimum Gasteiger partial charge on any atom is -0.381 e. The van der Waals surface area contributed by atoms with Crippen molar-refractivity contribution < 1.29 is 4.74 Å². The molecule has 2 heteroatoms. The van der Waals surface area contributed by atoms with E-state index in [4.69, 9.17) is 4.74 Å². The molecule has 0 bridgehead atoms. The van der Waals surface area contributed by atoms with Crippen LogP contribution in [0, 0.1) is 11.3 Å². The van der Waals surface area contributed by atoms with Crippen LogP contribution in [0.15, 0.2) is 0 Å². The maximum absolute atomic E-state index is 5.71. The summed E-state index contributed by atoms with van der Waals surface area (Å²) in [5, 5.41) is 3.37. The predicted octanol–water partition coefficient (Wildman–Crippen LogP) is 2.44. The van der Waals surface area contributed by atoms with Gasteiger partial charge in [-0.15, -0.1) is 0 Å². The molecule has 84 valence electrons. The number of ether oxygens (including phenoxy) is 1. The van der Waals surface area contributed by atoms with Crippen molar-refractivity contribution in [3.8, 4) is 0 Å². The fourth-order valence-electron chi connectivity index (χ4n) is 1.52. The van der Waals surface area contributed by atoms with Crippen LogP contribution in [0.1, 0.15) is 40.0 Å². The summed E-state index contributed by atoms with van der Waals surface area (Å²) in [5.74, 6) is 0.992. The number of nitrogens with one attached hydrogen (secondary N) is 1. The number of hydrogen-bond donors (Lipinski definition) is 1. The zero-order chi connectivity index (χ0) is 10.4. The molecule has 1 N–H and O–H groups in total. The lowest BCUT2D eigenvalue weighted by Crippen LogP contribution is -2.33. The monoisotopic (exact) mass is 199 g/mol. The van der Waals surface area contributed by atoms with Crippen LogP contribution in [0.4, 0.5) is 0 Å². The molecule has 0 spiro atoms. The minimum atomic E-state index is 0.277. The Morgan fingerprint density at radius 1 is 1.36 bits per heavy atom. The topological polar surface area (TPSA) is 21.3 Å². The molecular weight excluding hydrogens is 174 g/mol. The van der Waals surface area contributed by atoms with Crippen molar-refractivity contribution in [3.05, 3.63) is 0 Å². The first-order chi connectivity index (χ1) is 6.64. The smallest absolute Gasteiger partial charge is 0.0529 e. The molecule has 0 aromatic carbocycles. The van der Waals surface area contributed by atoms with Crippen LogP contribution < -0.4 is 5.32 Å². The van der Waals surface area contributed by atoms with Gasteiger partial charge in [-0.3, -0.25) is 0 Å². The van der Waals surface area contributed by atoms with E-state index >= 15 is 0 Å². The Morgan fingerprint density at radius 3 is 2.64 bits per heavy atom. The maximum Gasteiger partial charge on any atom is 0.0529 e. The molecule has 0 heterocycles. The zero-order valence-corrected chi connectivity index (χ0v) is 9.94. The van der Waals surface area contributed by atoms with Gasteiger partial charge in [-0.1, -0.05) is 33.6 Å². The minimum absolute atomic E-state index is 0.277. The van der Waals surface area contributed by atoms with Crippen LogP contribution in [0.25, 0.3) is 0 Å².